The van der Waals surface area contributed by atoms with Crippen LogP contribution in [-0.4, -0.2) is 11.9 Å². The first-order valence-electron chi connectivity index (χ1n) is 6.61. The Morgan fingerprint density at radius 2 is 1.95 bits per heavy atom. The summed E-state index contributed by atoms with van der Waals surface area (Å²) >= 11 is 9.29. The molecule has 3 N–H and O–H groups in total. The number of nitrogens with two attached hydrogens (primary N) is 1. The number of halogens is 2. The number of aryl methyl sites for hydroxylation is 1. The number of hydrogen-bond acceptors (Lipinski definition) is 2. The molecular weight excluding hydrogens is 352 g/mol. The van der Waals surface area contributed by atoms with E-state index >= 15 is 0 Å². The van der Waals surface area contributed by atoms with Gasteiger partial charge < -0.3 is 11.1 Å². The van der Waals surface area contributed by atoms with Gasteiger partial charge in [-0.05, 0) is 52.5 Å². The lowest BCUT2D eigenvalue weighted by Crippen LogP contribution is -2.36. The molecule has 0 saturated heterocycles. The summed E-state index contributed by atoms with van der Waals surface area (Å²) in [4.78, 5) is 12.0. The molecule has 2 aromatic carbocycles. The van der Waals surface area contributed by atoms with Gasteiger partial charge in [-0.15, -0.1) is 0 Å². The third-order valence-corrected chi connectivity index (χ3v) is 4.34. The van der Waals surface area contributed by atoms with Crippen molar-refractivity contribution in [2.45, 2.75) is 18.9 Å². The van der Waals surface area contributed by atoms with Crippen LogP contribution < -0.4 is 11.1 Å². The van der Waals surface area contributed by atoms with Crippen LogP contribution in [0.3, 0.4) is 0 Å². The van der Waals surface area contributed by atoms with Crippen molar-refractivity contribution in [3.63, 3.8) is 0 Å². The molecule has 2 rings (SSSR count). The summed E-state index contributed by atoms with van der Waals surface area (Å²) in [5, 5.41) is 3.32. The summed E-state index contributed by atoms with van der Waals surface area (Å²) in [7, 11) is 0. The van der Waals surface area contributed by atoms with E-state index in [0.29, 0.717) is 17.1 Å². The number of benzene rings is 2. The summed E-state index contributed by atoms with van der Waals surface area (Å²) in [6.07, 6.45) is 1.37. The highest BCUT2D eigenvalue weighted by molar-refractivity contribution is 9.10. The van der Waals surface area contributed by atoms with Gasteiger partial charge in [-0.2, -0.15) is 0 Å². The monoisotopic (exact) mass is 366 g/mol. The van der Waals surface area contributed by atoms with Crippen LogP contribution in [-0.2, 0) is 11.2 Å². The normalized spacial score (nSPS) is 12.0. The molecule has 2 aromatic rings. The molecule has 0 aliphatic carbocycles. The summed E-state index contributed by atoms with van der Waals surface area (Å²) in [5.41, 5.74) is 7.74. The van der Waals surface area contributed by atoms with Crippen LogP contribution in [0.5, 0.6) is 0 Å². The number of amides is 1. The molecule has 110 valence electrons. The number of anilines is 1. The molecule has 0 spiro atoms. The fraction of sp³-hybridized carbons (Fsp3) is 0.188. The first-order chi connectivity index (χ1) is 10.1. The van der Waals surface area contributed by atoms with Crippen molar-refractivity contribution in [1.82, 2.24) is 0 Å². The zero-order valence-electron chi connectivity index (χ0n) is 11.4. The van der Waals surface area contributed by atoms with Crippen LogP contribution >= 0.6 is 27.5 Å². The molecule has 0 radical (unpaired) electrons. The smallest absolute Gasteiger partial charge is 0.241 e. The van der Waals surface area contributed by atoms with Crippen molar-refractivity contribution in [3.05, 3.63) is 63.6 Å². The Morgan fingerprint density at radius 3 is 2.62 bits per heavy atom. The molecule has 21 heavy (non-hydrogen) atoms. The van der Waals surface area contributed by atoms with E-state index < -0.39 is 6.04 Å². The van der Waals surface area contributed by atoms with E-state index in [4.69, 9.17) is 17.3 Å². The second-order valence-corrected chi connectivity index (χ2v) is 6.01. The minimum atomic E-state index is -0.548. The van der Waals surface area contributed by atoms with Gasteiger partial charge in [0.05, 0.1) is 11.1 Å². The maximum Gasteiger partial charge on any atom is 0.241 e. The highest BCUT2D eigenvalue weighted by Gasteiger charge is 2.14. The molecule has 3 nitrogen and oxygen atoms in total. The van der Waals surface area contributed by atoms with Gasteiger partial charge in [-0.1, -0.05) is 41.9 Å². The second kappa shape index (κ2) is 7.59. The summed E-state index contributed by atoms with van der Waals surface area (Å²) in [6, 6.07) is 14.7. The number of nitrogens with one attached hydrogen (secondary N) is 1. The molecule has 5 heteroatoms. The Bertz CT molecular complexity index is 619. The first-order valence-corrected chi connectivity index (χ1v) is 7.79. The van der Waals surface area contributed by atoms with Gasteiger partial charge in [-0.3, -0.25) is 4.79 Å². The largest absolute Gasteiger partial charge is 0.325 e. The standard InChI is InChI=1S/C16H16BrClN2O/c17-13-8-7-12(10-14(13)18)20-16(21)15(19)9-6-11-4-2-1-3-5-11/h1-5,7-8,10,15H,6,9,19H2,(H,20,21)/t15-/m0/s1. The molecule has 0 aliphatic heterocycles. The van der Waals surface area contributed by atoms with Crippen LogP contribution in [0.15, 0.2) is 53.0 Å². The number of carbonyl (C=O) groups is 1. The molecule has 0 fully saturated rings. The minimum Gasteiger partial charge on any atom is -0.325 e. The molecule has 0 aliphatic rings. The predicted octanol–water partition coefficient (Wildman–Crippen LogP) is 4.00. The Kier molecular flexibility index (Phi) is 5.79. The van der Waals surface area contributed by atoms with Crippen molar-refractivity contribution >= 4 is 39.1 Å². The lowest BCUT2D eigenvalue weighted by atomic mass is 10.1. The average molecular weight is 368 g/mol. The number of rotatable bonds is 5. The minimum absolute atomic E-state index is 0.204. The van der Waals surface area contributed by atoms with Gasteiger partial charge in [0.15, 0.2) is 0 Å². The number of carbonyl (C=O) groups excluding carboxylic acids is 1. The Morgan fingerprint density at radius 1 is 1.24 bits per heavy atom. The molecule has 0 heterocycles. The van der Waals surface area contributed by atoms with E-state index in [2.05, 4.69) is 21.2 Å². The first kappa shape index (κ1) is 16.0. The molecule has 1 amide bonds. The fourth-order valence-electron chi connectivity index (χ4n) is 1.91. The molecular formula is C16H16BrClN2O. The van der Waals surface area contributed by atoms with Crippen molar-refractivity contribution in [2.24, 2.45) is 5.73 Å². The van der Waals surface area contributed by atoms with Crippen LogP contribution in [0.2, 0.25) is 5.02 Å². The van der Waals surface area contributed by atoms with E-state index in [1.54, 1.807) is 18.2 Å². The Labute approximate surface area is 137 Å². The Balaban J connectivity index is 1.89. The van der Waals surface area contributed by atoms with Crippen molar-refractivity contribution < 1.29 is 4.79 Å². The van der Waals surface area contributed by atoms with Gasteiger partial charge in [0.2, 0.25) is 5.91 Å². The molecule has 1 atom stereocenters. The topological polar surface area (TPSA) is 55.1 Å². The van der Waals surface area contributed by atoms with E-state index in [1.165, 1.54) is 5.56 Å². The molecule has 0 bridgehead atoms. The van der Waals surface area contributed by atoms with E-state index in [-0.39, 0.29) is 5.91 Å². The molecule has 0 unspecified atom stereocenters. The average Bonchev–Trinajstić information content (AvgIpc) is 2.49. The summed E-state index contributed by atoms with van der Waals surface area (Å²) in [6.45, 7) is 0. The predicted molar refractivity (Wildman–Crippen MR) is 90.5 cm³/mol. The number of hydrogen-bond donors (Lipinski definition) is 2. The van der Waals surface area contributed by atoms with Crippen LogP contribution in [0.4, 0.5) is 5.69 Å². The third kappa shape index (κ3) is 4.84. The van der Waals surface area contributed by atoms with Crippen molar-refractivity contribution in [3.8, 4) is 0 Å². The van der Waals surface area contributed by atoms with Crippen molar-refractivity contribution in [1.29, 1.82) is 0 Å². The molecule has 0 saturated carbocycles. The highest BCUT2D eigenvalue weighted by atomic mass is 79.9. The maximum absolute atomic E-state index is 12.0. The van der Waals surface area contributed by atoms with Crippen LogP contribution in [0.1, 0.15) is 12.0 Å². The lowest BCUT2D eigenvalue weighted by molar-refractivity contribution is -0.117. The van der Waals surface area contributed by atoms with Gasteiger partial charge in [0.1, 0.15) is 0 Å². The van der Waals surface area contributed by atoms with Crippen LogP contribution in [0, 0.1) is 0 Å². The quantitative estimate of drug-likeness (QED) is 0.839. The van der Waals surface area contributed by atoms with Crippen LogP contribution in [0.25, 0.3) is 0 Å². The zero-order valence-corrected chi connectivity index (χ0v) is 13.7. The summed E-state index contributed by atoms with van der Waals surface area (Å²) < 4.78 is 0.788. The van der Waals surface area contributed by atoms with Gasteiger partial charge >= 0.3 is 0 Å². The zero-order chi connectivity index (χ0) is 15.2. The Hall–Kier alpha value is -1.36. The van der Waals surface area contributed by atoms with Crippen molar-refractivity contribution in [2.75, 3.05) is 5.32 Å². The fourth-order valence-corrected chi connectivity index (χ4v) is 2.33. The maximum atomic E-state index is 12.0. The van der Waals surface area contributed by atoms with E-state index in [1.807, 2.05) is 30.3 Å². The van der Waals surface area contributed by atoms with Gasteiger partial charge in [0.25, 0.3) is 0 Å². The second-order valence-electron chi connectivity index (χ2n) is 4.75. The molecule has 0 aromatic heterocycles. The SMILES string of the molecule is N[C@@H](CCc1ccccc1)C(=O)Nc1ccc(Br)c(Cl)c1. The highest BCUT2D eigenvalue weighted by Crippen LogP contribution is 2.25. The van der Waals surface area contributed by atoms with Gasteiger partial charge in [0, 0.05) is 10.2 Å². The van der Waals surface area contributed by atoms with Gasteiger partial charge in [-0.25, -0.2) is 0 Å². The lowest BCUT2D eigenvalue weighted by Gasteiger charge is -2.12. The van der Waals surface area contributed by atoms with E-state index in [0.717, 1.165) is 10.9 Å². The van der Waals surface area contributed by atoms with E-state index in [9.17, 15) is 4.79 Å². The third-order valence-electron chi connectivity index (χ3n) is 3.11. The summed E-state index contributed by atoms with van der Waals surface area (Å²) in [5.74, 6) is -0.204.